The number of amides is 2. The summed E-state index contributed by atoms with van der Waals surface area (Å²) in [5, 5.41) is 5.55. The highest BCUT2D eigenvalue weighted by Crippen LogP contribution is 2.28. The van der Waals surface area contributed by atoms with Gasteiger partial charge < -0.3 is 19.8 Å². The lowest BCUT2D eigenvalue weighted by molar-refractivity contribution is -0.144. The van der Waals surface area contributed by atoms with Gasteiger partial charge in [0, 0.05) is 37.2 Å². The predicted molar refractivity (Wildman–Crippen MR) is 129 cm³/mol. The van der Waals surface area contributed by atoms with Crippen LogP contribution >= 0.6 is 0 Å². The van der Waals surface area contributed by atoms with E-state index in [1.807, 2.05) is 0 Å². The molecule has 2 amide bonds. The average molecular weight is 493 g/mol. The Morgan fingerprint density at radius 1 is 1.11 bits per heavy atom. The molecule has 1 saturated heterocycles. The number of ether oxygens (including phenoxy) is 1. The summed E-state index contributed by atoms with van der Waals surface area (Å²) in [5.41, 5.74) is 0.899. The average Bonchev–Trinajstić information content (AvgIpc) is 3.42. The molecule has 1 fully saturated rings. The van der Waals surface area contributed by atoms with Crippen LogP contribution in [0.15, 0.2) is 41.2 Å². The number of nitrogens with zero attached hydrogens (tertiary/aromatic N) is 4. The third-order valence-electron chi connectivity index (χ3n) is 6.13. The van der Waals surface area contributed by atoms with Crippen LogP contribution in [0.4, 0.5) is 15.8 Å². The monoisotopic (exact) mass is 492 g/mol. The quantitative estimate of drug-likeness (QED) is 0.426. The number of anilines is 2. The summed E-state index contributed by atoms with van der Waals surface area (Å²) in [6, 6.07) is 4.18. The number of oxazole rings is 1. The van der Waals surface area contributed by atoms with Gasteiger partial charge in [-0.3, -0.25) is 14.0 Å². The number of aryl methyl sites for hydroxylation is 2. The first-order chi connectivity index (χ1) is 17.2. The van der Waals surface area contributed by atoms with Crippen molar-refractivity contribution >= 4 is 29.0 Å². The summed E-state index contributed by atoms with van der Waals surface area (Å²) in [6.07, 6.45) is 7.26. The van der Waals surface area contributed by atoms with Gasteiger partial charge in [-0.2, -0.15) is 0 Å². The molecule has 3 aromatic heterocycles. The molecule has 5 rings (SSSR count). The molecule has 10 nitrogen and oxygen atoms in total. The lowest BCUT2D eigenvalue weighted by atomic mass is 9.95. The van der Waals surface area contributed by atoms with E-state index in [9.17, 15) is 14.0 Å². The Morgan fingerprint density at radius 3 is 2.67 bits per heavy atom. The molecular formula is C25H25FN6O4. The van der Waals surface area contributed by atoms with Crippen molar-refractivity contribution in [1.29, 1.82) is 0 Å². The van der Waals surface area contributed by atoms with Gasteiger partial charge in [-0.15, -0.1) is 0 Å². The van der Waals surface area contributed by atoms with Crippen molar-refractivity contribution in [3.8, 4) is 11.3 Å². The summed E-state index contributed by atoms with van der Waals surface area (Å²) >= 11 is 0. The molecule has 11 heteroatoms. The highest BCUT2D eigenvalue weighted by molar-refractivity contribution is 6.03. The van der Waals surface area contributed by atoms with Crippen LogP contribution in [0.5, 0.6) is 0 Å². The number of nitrogens with one attached hydrogen (secondary N) is 2. The number of hydrogen-bond donors (Lipinski definition) is 2. The van der Waals surface area contributed by atoms with Crippen LogP contribution in [0.25, 0.3) is 17.0 Å². The first kappa shape index (κ1) is 23.6. The van der Waals surface area contributed by atoms with Gasteiger partial charge in [-0.25, -0.2) is 19.3 Å². The van der Waals surface area contributed by atoms with E-state index in [4.69, 9.17) is 9.15 Å². The minimum atomic E-state index is -0.885. The van der Waals surface area contributed by atoms with Crippen LogP contribution in [-0.2, 0) is 9.53 Å². The molecule has 2 N–H and O–H groups in total. The van der Waals surface area contributed by atoms with Crippen molar-refractivity contribution in [1.82, 2.24) is 19.4 Å². The first-order valence-electron chi connectivity index (χ1n) is 11.6. The largest absolute Gasteiger partial charge is 0.436 e. The Balaban J connectivity index is 1.38. The van der Waals surface area contributed by atoms with Crippen molar-refractivity contribution in [2.45, 2.75) is 45.6 Å². The Morgan fingerprint density at radius 2 is 1.94 bits per heavy atom. The van der Waals surface area contributed by atoms with Crippen LogP contribution in [0.3, 0.4) is 0 Å². The Hall–Kier alpha value is -4.12. The minimum Gasteiger partial charge on any atom is -0.436 e. The molecule has 36 heavy (non-hydrogen) atoms. The van der Waals surface area contributed by atoms with Gasteiger partial charge in [0.15, 0.2) is 5.89 Å². The molecule has 0 saturated carbocycles. The maximum atomic E-state index is 14.7. The summed E-state index contributed by atoms with van der Waals surface area (Å²) in [6.45, 7) is 5.65. The number of benzene rings is 1. The minimum absolute atomic E-state index is 0.0948. The van der Waals surface area contributed by atoms with Crippen molar-refractivity contribution in [3.05, 3.63) is 60.0 Å². The van der Waals surface area contributed by atoms with Gasteiger partial charge in [0.25, 0.3) is 11.8 Å². The van der Waals surface area contributed by atoms with E-state index in [-0.39, 0.29) is 17.2 Å². The normalized spacial score (nSPS) is 17.8. The lowest BCUT2D eigenvalue weighted by Gasteiger charge is -2.32. The van der Waals surface area contributed by atoms with E-state index in [2.05, 4.69) is 25.6 Å². The van der Waals surface area contributed by atoms with Crippen LogP contribution < -0.4 is 10.6 Å². The number of imidazole rings is 1. The summed E-state index contributed by atoms with van der Waals surface area (Å²) < 4.78 is 27.4. The highest BCUT2D eigenvalue weighted by atomic mass is 19.1. The molecule has 186 valence electrons. The molecule has 0 aliphatic carbocycles. The van der Waals surface area contributed by atoms with E-state index >= 15 is 0 Å². The molecule has 1 unspecified atom stereocenters. The zero-order chi connectivity index (χ0) is 25.4. The van der Waals surface area contributed by atoms with Crippen LogP contribution in [0.1, 0.15) is 48.3 Å². The molecule has 1 atom stereocenters. The van der Waals surface area contributed by atoms with Gasteiger partial charge >= 0.3 is 0 Å². The second kappa shape index (κ2) is 9.15. The van der Waals surface area contributed by atoms with Gasteiger partial charge in [0.2, 0.25) is 11.5 Å². The third-order valence-corrected chi connectivity index (χ3v) is 6.13. The Kier molecular flexibility index (Phi) is 6.00. The lowest BCUT2D eigenvalue weighted by Crippen LogP contribution is -2.45. The fraction of sp³-hybridized carbons (Fsp3) is 0.320. The fourth-order valence-electron chi connectivity index (χ4n) is 4.18. The molecule has 0 radical (unpaired) electrons. The topological polar surface area (TPSA) is 124 Å². The van der Waals surface area contributed by atoms with E-state index in [1.165, 1.54) is 24.4 Å². The predicted octanol–water partition coefficient (Wildman–Crippen LogP) is 4.29. The van der Waals surface area contributed by atoms with Crippen molar-refractivity contribution < 1.29 is 23.1 Å². The molecular weight excluding hydrogens is 467 g/mol. The van der Waals surface area contributed by atoms with Crippen LogP contribution in [0, 0.1) is 19.7 Å². The maximum Gasteiger partial charge on any atom is 0.293 e. The smallest absolute Gasteiger partial charge is 0.293 e. The number of hydrogen-bond acceptors (Lipinski definition) is 7. The molecule has 4 heterocycles. The maximum absolute atomic E-state index is 14.7. The molecule has 1 aliphatic heterocycles. The summed E-state index contributed by atoms with van der Waals surface area (Å²) in [5.74, 6) is -0.444. The van der Waals surface area contributed by atoms with Gasteiger partial charge in [-0.05, 0) is 51.3 Å². The summed E-state index contributed by atoms with van der Waals surface area (Å²) in [4.78, 5) is 38.1. The van der Waals surface area contributed by atoms with Gasteiger partial charge in [0.1, 0.15) is 11.4 Å². The first-order valence-corrected chi connectivity index (χ1v) is 11.6. The fourth-order valence-corrected chi connectivity index (χ4v) is 4.18. The van der Waals surface area contributed by atoms with E-state index < -0.39 is 17.3 Å². The zero-order valence-electron chi connectivity index (χ0n) is 20.1. The summed E-state index contributed by atoms with van der Waals surface area (Å²) in [7, 11) is 0. The number of carbonyl (C=O) groups is 2. The molecule has 1 aliphatic rings. The Labute approximate surface area is 205 Å². The SMILES string of the molecule is Cc1nc(C)c(C(=O)Nc2ccc(F)c(-c3cn4cc(NC(=O)C5(C)CCCCO5)cnc4n3)c2)o1. The highest BCUT2D eigenvalue weighted by Gasteiger charge is 2.36. The number of halogens is 1. The van der Waals surface area contributed by atoms with Gasteiger partial charge in [-0.1, -0.05) is 0 Å². The van der Waals surface area contributed by atoms with Crippen molar-refractivity contribution in [2.24, 2.45) is 0 Å². The molecule has 1 aromatic carbocycles. The standard InChI is InChI=1S/C25H25FN6O4/c1-14-21(36-15(2)28-14)22(33)29-16-6-7-19(26)18(10-16)20-13-32-12-17(11-27-24(32)31-20)30-23(34)25(3)8-4-5-9-35-25/h6-7,10-13H,4-5,8-9H2,1-3H3,(H,29,33)(H,30,34). The van der Waals surface area contributed by atoms with Gasteiger partial charge in [0.05, 0.1) is 23.3 Å². The Bertz CT molecular complexity index is 1470. The zero-order valence-corrected chi connectivity index (χ0v) is 20.1. The number of carbonyl (C=O) groups excluding carboxylic acids is 2. The molecule has 0 spiro atoms. The van der Waals surface area contributed by atoms with Crippen LogP contribution in [-0.4, -0.2) is 43.4 Å². The van der Waals surface area contributed by atoms with E-state index in [1.54, 1.807) is 37.6 Å². The van der Waals surface area contributed by atoms with Crippen molar-refractivity contribution in [3.63, 3.8) is 0 Å². The van der Waals surface area contributed by atoms with Crippen LogP contribution in [0.2, 0.25) is 0 Å². The van der Waals surface area contributed by atoms with E-state index in [0.29, 0.717) is 47.5 Å². The number of aromatic nitrogens is 4. The second-order valence-electron chi connectivity index (χ2n) is 8.96. The second-order valence-corrected chi connectivity index (χ2v) is 8.96. The van der Waals surface area contributed by atoms with E-state index in [0.717, 1.165) is 12.8 Å². The third kappa shape index (κ3) is 4.57. The number of fused-ring (bicyclic) bond motifs is 1. The number of rotatable bonds is 5. The molecule has 0 bridgehead atoms. The van der Waals surface area contributed by atoms with Crippen molar-refractivity contribution in [2.75, 3.05) is 17.2 Å². The molecule has 4 aromatic rings.